The van der Waals surface area contributed by atoms with Crippen LogP contribution in [0.15, 0.2) is 35.0 Å². The molecule has 1 fully saturated rings. The van der Waals surface area contributed by atoms with Crippen molar-refractivity contribution in [3.8, 4) is 11.5 Å². The Morgan fingerprint density at radius 2 is 2.03 bits per heavy atom. The first-order chi connectivity index (χ1) is 14.9. The SMILES string of the molecule is Cc1cccc2cc(-c3nc(C4CCN(C(=O)N(C)C)CC4)n4ncnc(N)c34)oc12. The summed E-state index contributed by atoms with van der Waals surface area (Å²) in [6.45, 7) is 3.37. The van der Waals surface area contributed by atoms with Crippen molar-refractivity contribution in [2.75, 3.05) is 32.9 Å². The number of furan rings is 1. The summed E-state index contributed by atoms with van der Waals surface area (Å²) in [5.41, 5.74) is 9.45. The minimum atomic E-state index is 0.0383. The van der Waals surface area contributed by atoms with E-state index >= 15 is 0 Å². The van der Waals surface area contributed by atoms with Gasteiger partial charge >= 0.3 is 6.03 Å². The molecule has 160 valence electrons. The van der Waals surface area contributed by atoms with Gasteiger partial charge in [0.25, 0.3) is 0 Å². The van der Waals surface area contributed by atoms with E-state index in [1.54, 1.807) is 23.5 Å². The highest BCUT2D eigenvalue weighted by atomic mass is 16.3. The fourth-order valence-electron chi connectivity index (χ4n) is 4.35. The molecule has 4 heterocycles. The lowest BCUT2D eigenvalue weighted by Gasteiger charge is -2.33. The normalized spacial score (nSPS) is 15.1. The van der Waals surface area contributed by atoms with E-state index in [0.29, 0.717) is 35.9 Å². The number of amides is 2. The second kappa shape index (κ2) is 7.26. The van der Waals surface area contributed by atoms with Crippen molar-refractivity contribution < 1.29 is 9.21 Å². The van der Waals surface area contributed by atoms with Gasteiger partial charge in [-0.15, -0.1) is 0 Å². The van der Waals surface area contributed by atoms with Gasteiger partial charge in [0.05, 0.1) is 0 Å². The number of piperidine rings is 1. The first kappa shape index (κ1) is 19.3. The molecule has 0 atom stereocenters. The van der Waals surface area contributed by atoms with Crippen molar-refractivity contribution in [2.45, 2.75) is 25.7 Å². The second-order valence-corrected chi connectivity index (χ2v) is 8.27. The third-order valence-electron chi connectivity index (χ3n) is 5.97. The van der Waals surface area contributed by atoms with E-state index in [1.165, 1.54) is 6.33 Å². The van der Waals surface area contributed by atoms with Gasteiger partial charge in [-0.05, 0) is 31.4 Å². The predicted octanol–water partition coefficient (Wildman–Crippen LogP) is 3.29. The highest BCUT2D eigenvalue weighted by Crippen LogP contribution is 2.36. The summed E-state index contributed by atoms with van der Waals surface area (Å²) >= 11 is 0. The minimum Gasteiger partial charge on any atom is -0.454 e. The number of nitrogen functional groups attached to an aromatic ring is 1. The fraction of sp³-hybridized carbons (Fsp3) is 0.364. The number of hydrogen-bond acceptors (Lipinski definition) is 6. The summed E-state index contributed by atoms with van der Waals surface area (Å²) < 4.78 is 7.96. The molecule has 5 rings (SSSR count). The van der Waals surface area contributed by atoms with Crippen LogP contribution in [0.3, 0.4) is 0 Å². The highest BCUT2D eigenvalue weighted by molar-refractivity contribution is 5.90. The molecule has 4 aromatic rings. The number of fused-ring (bicyclic) bond motifs is 2. The van der Waals surface area contributed by atoms with Gasteiger partial charge in [-0.1, -0.05) is 18.2 Å². The smallest absolute Gasteiger partial charge is 0.319 e. The number of likely N-dealkylation sites (tertiary alicyclic amines) is 1. The summed E-state index contributed by atoms with van der Waals surface area (Å²) in [4.78, 5) is 24.9. The van der Waals surface area contributed by atoms with Crippen LogP contribution in [0.25, 0.3) is 27.9 Å². The topological polar surface area (TPSA) is 106 Å². The number of rotatable bonds is 2. The molecule has 2 N–H and O–H groups in total. The number of aromatic nitrogens is 4. The number of carbonyl (C=O) groups excluding carboxylic acids is 1. The molecular weight excluding hydrogens is 394 g/mol. The highest BCUT2D eigenvalue weighted by Gasteiger charge is 2.30. The van der Waals surface area contributed by atoms with Crippen molar-refractivity contribution >= 4 is 28.3 Å². The van der Waals surface area contributed by atoms with Crippen LogP contribution in [0.2, 0.25) is 0 Å². The van der Waals surface area contributed by atoms with E-state index < -0.39 is 0 Å². The Balaban J connectivity index is 1.56. The molecule has 9 heteroatoms. The van der Waals surface area contributed by atoms with E-state index in [1.807, 2.05) is 36.1 Å². The Kier molecular flexibility index (Phi) is 4.53. The predicted molar refractivity (Wildman–Crippen MR) is 118 cm³/mol. The van der Waals surface area contributed by atoms with Gasteiger partial charge in [0, 0.05) is 38.5 Å². The van der Waals surface area contributed by atoms with E-state index in [9.17, 15) is 4.79 Å². The standard InChI is InChI=1S/C22H25N7O2/c1-13-5-4-6-15-11-16(31-19(13)15)17-18-20(23)24-12-25-29(18)21(26-17)14-7-9-28(10-8-14)22(30)27(2)3/h4-6,11-12,14H,7-10H2,1-3H3,(H2,23,24,25). The third-order valence-corrected chi connectivity index (χ3v) is 5.97. The maximum absolute atomic E-state index is 12.3. The summed E-state index contributed by atoms with van der Waals surface area (Å²) in [6, 6.07) is 8.07. The maximum atomic E-state index is 12.3. The van der Waals surface area contributed by atoms with Crippen LogP contribution in [0.5, 0.6) is 0 Å². The number of aryl methyl sites for hydroxylation is 1. The fourth-order valence-corrected chi connectivity index (χ4v) is 4.35. The number of hydrogen-bond donors (Lipinski definition) is 1. The minimum absolute atomic E-state index is 0.0383. The second-order valence-electron chi connectivity index (χ2n) is 8.27. The Morgan fingerprint density at radius 3 is 2.74 bits per heavy atom. The van der Waals surface area contributed by atoms with Crippen LogP contribution in [-0.4, -0.2) is 62.6 Å². The molecule has 1 aliphatic heterocycles. The van der Waals surface area contributed by atoms with Gasteiger partial charge in [-0.3, -0.25) is 0 Å². The molecule has 9 nitrogen and oxygen atoms in total. The largest absolute Gasteiger partial charge is 0.454 e. The van der Waals surface area contributed by atoms with E-state index in [0.717, 1.165) is 35.2 Å². The number of anilines is 1. The van der Waals surface area contributed by atoms with Crippen molar-refractivity contribution in [1.29, 1.82) is 0 Å². The number of benzene rings is 1. The van der Waals surface area contributed by atoms with Crippen LogP contribution in [-0.2, 0) is 0 Å². The first-order valence-corrected chi connectivity index (χ1v) is 10.4. The van der Waals surface area contributed by atoms with Crippen LogP contribution in [0.4, 0.5) is 10.6 Å². The molecule has 2 amide bonds. The Hall–Kier alpha value is -3.62. The molecule has 1 aromatic carbocycles. The summed E-state index contributed by atoms with van der Waals surface area (Å²) in [5, 5.41) is 5.47. The van der Waals surface area contributed by atoms with Gasteiger partial charge in [-0.25, -0.2) is 19.3 Å². The van der Waals surface area contributed by atoms with Crippen molar-refractivity contribution in [1.82, 2.24) is 29.4 Å². The number of carbonyl (C=O) groups is 1. The van der Waals surface area contributed by atoms with E-state index in [2.05, 4.69) is 10.1 Å². The summed E-state index contributed by atoms with van der Waals surface area (Å²) in [5.74, 6) is 2.00. The number of nitrogens with zero attached hydrogens (tertiary/aromatic N) is 6. The molecule has 0 unspecified atom stereocenters. The zero-order valence-corrected chi connectivity index (χ0v) is 17.9. The van der Waals surface area contributed by atoms with E-state index in [-0.39, 0.29) is 11.9 Å². The summed E-state index contributed by atoms with van der Waals surface area (Å²) in [6.07, 6.45) is 3.06. The van der Waals surface area contributed by atoms with Crippen molar-refractivity contribution in [2.24, 2.45) is 0 Å². The average molecular weight is 419 g/mol. The zero-order chi connectivity index (χ0) is 21.7. The number of urea groups is 1. The van der Waals surface area contributed by atoms with Gasteiger partial charge in [0.1, 0.15) is 28.9 Å². The zero-order valence-electron chi connectivity index (χ0n) is 17.9. The molecule has 0 saturated carbocycles. The lowest BCUT2D eigenvalue weighted by molar-refractivity contribution is 0.155. The average Bonchev–Trinajstić information content (AvgIpc) is 3.37. The molecule has 0 aliphatic carbocycles. The molecule has 31 heavy (non-hydrogen) atoms. The van der Waals surface area contributed by atoms with Crippen LogP contribution >= 0.6 is 0 Å². The molecule has 0 spiro atoms. The Morgan fingerprint density at radius 1 is 1.26 bits per heavy atom. The third kappa shape index (κ3) is 3.17. The monoisotopic (exact) mass is 419 g/mol. The maximum Gasteiger partial charge on any atom is 0.319 e. The molecule has 1 aliphatic rings. The van der Waals surface area contributed by atoms with Crippen molar-refractivity contribution in [3.05, 3.63) is 42.0 Å². The molecule has 1 saturated heterocycles. The Labute approximate surface area is 179 Å². The Bertz CT molecular complexity index is 1280. The molecule has 0 radical (unpaired) electrons. The van der Waals surface area contributed by atoms with E-state index in [4.69, 9.17) is 15.1 Å². The number of para-hydroxylation sites is 1. The van der Waals surface area contributed by atoms with Gasteiger partial charge in [0.15, 0.2) is 11.6 Å². The lowest BCUT2D eigenvalue weighted by Crippen LogP contribution is -2.43. The molecule has 3 aromatic heterocycles. The van der Waals surface area contributed by atoms with Gasteiger partial charge in [-0.2, -0.15) is 5.10 Å². The quantitative estimate of drug-likeness (QED) is 0.534. The number of imidazole rings is 1. The van der Waals surface area contributed by atoms with Gasteiger partial charge < -0.3 is 20.0 Å². The summed E-state index contributed by atoms with van der Waals surface area (Å²) in [7, 11) is 3.55. The lowest BCUT2D eigenvalue weighted by atomic mass is 9.96. The number of nitrogens with two attached hydrogens (primary N) is 1. The first-order valence-electron chi connectivity index (χ1n) is 10.4. The van der Waals surface area contributed by atoms with Crippen LogP contribution in [0, 0.1) is 6.92 Å². The van der Waals surface area contributed by atoms with Crippen molar-refractivity contribution in [3.63, 3.8) is 0 Å². The van der Waals surface area contributed by atoms with Crippen LogP contribution < -0.4 is 5.73 Å². The molecular formula is C22H25N7O2. The molecule has 0 bridgehead atoms. The van der Waals surface area contributed by atoms with Gasteiger partial charge in [0.2, 0.25) is 0 Å². The van der Waals surface area contributed by atoms with Crippen LogP contribution in [0.1, 0.15) is 30.1 Å².